The van der Waals surface area contributed by atoms with Crippen LogP contribution in [0.3, 0.4) is 0 Å². The fourth-order valence-corrected chi connectivity index (χ4v) is 2.87. The highest BCUT2D eigenvalue weighted by Gasteiger charge is 1.99. The lowest BCUT2D eigenvalue weighted by molar-refractivity contribution is -0.695. The number of aromatic nitrogens is 2. The molecule has 2 aromatic heterocycles. The Balaban J connectivity index is 1.66. The summed E-state index contributed by atoms with van der Waals surface area (Å²) in [6.45, 7) is 3.84. The van der Waals surface area contributed by atoms with Crippen LogP contribution in [0, 0.1) is 0 Å². The maximum atomic E-state index is 10.5. The minimum atomic E-state index is 0.543. The molecule has 3 aromatic rings. The molecule has 0 fully saturated rings. The molecule has 0 aliphatic carbocycles. The maximum absolute atomic E-state index is 10.5. The fourth-order valence-electron chi connectivity index (χ4n) is 2.87. The van der Waals surface area contributed by atoms with Crippen molar-refractivity contribution in [2.75, 3.05) is 0 Å². The number of aldehydes is 1. The van der Waals surface area contributed by atoms with Crippen LogP contribution in [0.4, 0.5) is 0 Å². The van der Waals surface area contributed by atoms with Gasteiger partial charge in [0.2, 0.25) is 0 Å². The van der Waals surface area contributed by atoms with E-state index in [0.29, 0.717) is 6.42 Å². The molecule has 0 amide bonds. The molecule has 0 aliphatic rings. The Bertz CT molecular complexity index is 955. The third kappa shape index (κ3) is 5.85. The van der Waals surface area contributed by atoms with Gasteiger partial charge < -0.3 is 4.79 Å². The first-order valence-electron chi connectivity index (χ1n) is 9.65. The molecule has 3 rings (SSSR count). The van der Waals surface area contributed by atoms with Gasteiger partial charge in [-0.3, -0.25) is 0 Å². The highest BCUT2D eigenvalue weighted by atomic mass is 16.1. The van der Waals surface area contributed by atoms with Gasteiger partial charge in [0.05, 0.1) is 6.42 Å². The van der Waals surface area contributed by atoms with Crippen LogP contribution >= 0.6 is 0 Å². The van der Waals surface area contributed by atoms with E-state index in [1.54, 1.807) is 0 Å². The zero-order valence-electron chi connectivity index (χ0n) is 16.2. The Labute approximate surface area is 166 Å². The number of pyridine rings is 2. The Morgan fingerprint density at radius 3 is 1.71 bits per heavy atom. The van der Waals surface area contributed by atoms with Gasteiger partial charge in [-0.2, -0.15) is 0 Å². The first-order valence-corrected chi connectivity index (χ1v) is 9.65. The number of nitrogens with zero attached hydrogens (tertiary/aromatic N) is 2. The average molecular weight is 370 g/mol. The number of carbonyl (C=O) groups excluding carboxylic acids is 1. The zero-order valence-corrected chi connectivity index (χ0v) is 16.2. The largest absolute Gasteiger partial charge is 0.303 e. The van der Waals surface area contributed by atoms with Crippen molar-refractivity contribution in [1.29, 1.82) is 0 Å². The fraction of sp³-hybridized carbons (Fsp3) is 0.160. The number of hydrogen-bond acceptors (Lipinski definition) is 1. The molecular weight excluding hydrogens is 344 g/mol. The minimum Gasteiger partial charge on any atom is -0.303 e. The van der Waals surface area contributed by atoms with Crippen molar-refractivity contribution in [2.24, 2.45) is 0 Å². The molecule has 140 valence electrons. The first kappa shape index (κ1) is 19.4. The summed E-state index contributed by atoms with van der Waals surface area (Å²) in [5, 5.41) is 0. The van der Waals surface area contributed by atoms with Crippen LogP contribution in [0.5, 0.6) is 0 Å². The van der Waals surface area contributed by atoms with Gasteiger partial charge in [0, 0.05) is 24.3 Å². The molecule has 0 saturated carbocycles. The van der Waals surface area contributed by atoms with E-state index in [-0.39, 0.29) is 0 Å². The molecule has 0 unspecified atom stereocenters. The van der Waals surface area contributed by atoms with E-state index in [2.05, 4.69) is 96.7 Å². The molecule has 0 spiro atoms. The van der Waals surface area contributed by atoms with Crippen LogP contribution < -0.4 is 9.13 Å². The number of hydrogen-bond donors (Lipinski definition) is 0. The summed E-state index contributed by atoms with van der Waals surface area (Å²) in [7, 11) is 0. The highest BCUT2D eigenvalue weighted by molar-refractivity contribution is 5.73. The van der Waals surface area contributed by atoms with Crippen molar-refractivity contribution in [3.63, 3.8) is 0 Å². The second kappa shape index (κ2) is 10.1. The van der Waals surface area contributed by atoms with Crippen molar-refractivity contribution in [2.45, 2.75) is 26.4 Å². The second-order valence-corrected chi connectivity index (χ2v) is 6.62. The van der Waals surface area contributed by atoms with Gasteiger partial charge in [-0.1, -0.05) is 42.5 Å². The van der Waals surface area contributed by atoms with E-state index in [1.807, 2.05) is 17.0 Å². The predicted molar refractivity (Wildman–Crippen MR) is 114 cm³/mol. The third-order valence-corrected chi connectivity index (χ3v) is 4.55. The van der Waals surface area contributed by atoms with Crippen molar-refractivity contribution in [3.05, 3.63) is 95.6 Å². The van der Waals surface area contributed by atoms with Crippen LogP contribution in [0.15, 0.2) is 73.3 Å². The quantitative estimate of drug-likeness (QED) is 0.431. The van der Waals surface area contributed by atoms with Gasteiger partial charge in [-0.25, -0.2) is 9.13 Å². The smallest absolute Gasteiger partial charge is 0.169 e. The van der Waals surface area contributed by atoms with Crippen LogP contribution in [0.1, 0.15) is 35.6 Å². The number of rotatable bonds is 8. The SMILES string of the molecule is CC[n+]1ccc(/C=C/c2cccc(/C=C/c3cc[n+](CCC=O)cc3)c2)cc1. The molecule has 0 saturated heterocycles. The molecule has 2 heterocycles. The van der Waals surface area contributed by atoms with E-state index in [4.69, 9.17) is 0 Å². The molecule has 0 N–H and O–H groups in total. The normalized spacial score (nSPS) is 11.3. The van der Waals surface area contributed by atoms with Gasteiger partial charge >= 0.3 is 0 Å². The summed E-state index contributed by atoms with van der Waals surface area (Å²) in [5.41, 5.74) is 4.67. The van der Waals surface area contributed by atoms with E-state index in [1.165, 1.54) is 11.1 Å². The Morgan fingerprint density at radius 2 is 1.21 bits per heavy atom. The minimum absolute atomic E-state index is 0.543. The molecule has 3 nitrogen and oxygen atoms in total. The van der Waals surface area contributed by atoms with Crippen molar-refractivity contribution in [1.82, 2.24) is 0 Å². The summed E-state index contributed by atoms with van der Waals surface area (Å²) in [5.74, 6) is 0. The van der Waals surface area contributed by atoms with Crippen LogP contribution in [0.25, 0.3) is 24.3 Å². The monoisotopic (exact) mass is 370 g/mol. The molecule has 0 aliphatic heterocycles. The summed E-state index contributed by atoms with van der Waals surface area (Å²) in [4.78, 5) is 10.5. The van der Waals surface area contributed by atoms with Crippen LogP contribution in [-0.2, 0) is 17.9 Å². The number of benzene rings is 1. The van der Waals surface area contributed by atoms with E-state index in [0.717, 1.165) is 30.5 Å². The summed E-state index contributed by atoms with van der Waals surface area (Å²) in [6, 6.07) is 16.8. The van der Waals surface area contributed by atoms with Gasteiger partial charge in [0.25, 0.3) is 0 Å². The molecule has 1 aromatic carbocycles. The highest BCUT2D eigenvalue weighted by Crippen LogP contribution is 2.13. The van der Waals surface area contributed by atoms with Crippen LogP contribution in [0.2, 0.25) is 0 Å². The maximum Gasteiger partial charge on any atom is 0.169 e. The van der Waals surface area contributed by atoms with Crippen LogP contribution in [-0.4, -0.2) is 6.29 Å². The van der Waals surface area contributed by atoms with Gasteiger partial charge in [-0.05, 0) is 35.2 Å². The van der Waals surface area contributed by atoms with Gasteiger partial charge in [0.1, 0.15) is 12.8 Å². The molecule has 0 atom stereocenters. The van der Waals surface area contributed by atoms with Gasteiger partial charge in [-0.15, -0.1) is 0 Å². The lowest BCUT2D eigenvalue weighted by Gasteiger charge is -1.98. The third-order valence-electron chi connectivity index (χ3n) is 4.55. The molecule has 0 radical (unpaired) electrons. The summed E-state index contributed by atoms with van der Waals surface area (Å²) >= 11 is 0. The average Bonchev–Trinajstić information content (AvgIpc) is 2.76. The molecule has 0 bridgehead atoms. The lowest BCUT2D eigenvalue weighted by atomic mass is 10.1. The van der Waals surface area contributed by atoms with Crippen molar-refractivity contribution in [3.8, 4) is 0 Å². The number of aryl methyl sites for hydroxylation is 2. The first-order chi connectivity index (χ1) is 13.8. The zero-order chi connectivity index (χ0) is 19.6. The number of carbonyl (C=O) groups is 1. The Hall–Kier alpha value is -3.33. The second-order valence-electron chi connectivity index (χ2n) is 6.62. The Morgan fingerprint density at radius 1 is 0.714 bits per heavy atom. The molecular formula is C25H26N2O+2. The van der Waals surface area contributed by atoms with E-state index >= 15 is 0 Å². The Kier molecular flexibility index (Phi) is 7.02. The van der Waals surface area contributed by atoms with Crippen molar-refractivity contribution >= 4 is 30.6 Å². The van der Waals surface area contributed by atoms with Crippen molar-refractivity contribution < 1.29 is 13.9 Å². The van der Waals surface area contributed by atoms with Gasteiger partial charge in [0.15, 0.2) is 31.3 Å². The van der Waals surface area contributed by atoms with E-state index < -0.39 is 0 Å². The van der Waals surface area contributed by atoms with E-state index in [9.17, 15) is 4.79 Å². The predicted octanol–water partition coefficient (Wildman–Crippen LogP) is 4.21. The standard InChI is InChI=1S/C25H26N2O/c1-2-26-16-11-22(12-17-26)7-9-24-5-3-6-25(21-24)10-8-23-13-18-27(19-14-23)15-4-20-28/h3,5-14,16-21H,2,4,15H2,1H3/q+2/b9-7+,10-8+. The summed E-state index contributed by atoms with van der Waals surface area (Å²) in [6.07, 6.45) is 18.2. The molecule has 3 heteroatoms. The molecule has 28 heavy (non-hydrogen) atoms. The summed E-state index contributed by atoms with van der Waals surface area (Å²) < 4.78 is 4.17. The topological polar surface area (TPSA) is 24.8 Å². The lowest BCUT2D eigenvalue weighted by Crippen LogP contribution is -2.32.